The number of allylic oxidation sites excluding steroid dienone is 2. The van der Waals surface area contributed by atoms with Crippen LogP contribution in [-0.2, 0) is 25.6 Å². The van der Waals surface area contributed by atoms with Crippen LogP contribution < -0.4 is 14.4 Å². The Labute approximate surface area is 272 Å². The highest BCUT2D eigenvalue weighted by molar-refractivity contribution is 6.24. The van der Waals surface area contributed by atoms with E-state index in [9.17, 15) is 29.4 Å². The number of ether oxygens (including phenoxy) is 2. The number of hydrogen-bond donors (Lipinski definition) is 2. The SMILES string of the molecule is COc1cc(C2C3=CCC4C(=O)N(CCc5ccc(O)cc5)C(=O)C4C3CC3C(=O)N(c4ccccc4)C(=O)C32C)cc(OC)c1O. The van der Waals surface area contributed by atoms with E-state index in [4.69, 9.17) is 9.47 Å². The number of methoxy groups -OCH3 is 2. The van der Waals surface area contributed by atoms with E-state index in [-0.39, 0.29) is 59.6 Å². The summed E-state index contributed by atoms with van der Waals surface area (Å²) in [5.41, 5.74) is 1.56. The molecule has 3 aromatic carbocycles. The molecule has 4 amide bonds. The summed E-state index contributed by atoms with van der Waals surface area (Å²) in [6.45, 7) is 2.01. The highest BCUT2D eigenvalue weighted by atomic mass is 16.5. The minimum atomic E-state index is -1.24. The van der Waals surface area contributed by atoms with Crippen LogP contribution in [0.5, 0.6) is 23.0 Å². The van der Waals surface area contributed by atoms with Crippen molar-refractivity contribution in [1.82, 2.24) is 4.90 Å². The van der Waals surface area contributed by atoms with Crippen molar-refractivity contribution in [2.45, 2.75) is 32.1 Å². The van der Waals surface area contributed by atoms with E-state index in [1.165, 1.54) is 24.0 Å². The highest BCUT2D eigenvalue weighted by Crippen LogP contribution is 2.64. The number of fused-ring (bicyclic) bond motifs is 4. The Kier molecular flexibility index (Phi) is 7.33. The molecule has 1 saturated carbocycles. The van der Waals surface area contributed by atoms with Gasteiger partial charge in [0.2, 0.25) is 29.4 Å². The van der Waals surface area contributed by atoms with Crippen molar-refractivity contribution in [1.29, 1.82) is 0 Å². The van der Waals surface area contributed by atoms with Crippen LogP contribution in [0.15, 0.2) is 78.4 Å². The number of aromatic hydroxyl groups is 2. The Hall–Kier alpha value is -5.12. The molecule has 2 aliphatic heterocycles. The second-order valence-corrected chi connectivity index (χ2v) is 13.0. The lowest BCUT2D eigenvalue weighted by Gasteiger charge is -2.49. The zero-order chi connectivity index (χ0) is 33.2. The minimum Gasteiger partial charge on any atom is -0.508 e. The molecule has 0 bridgehead atoms. The van der Waals surface area contributed by atoms with E-state index in [1.807, 2.05) is 19.1 Å². The number of likely N-dealkylation sites (tertiary alicyclic amines) is 1. The smallest absolute Gasteiger partial charge is 0.241 e. The Balaban J connectivity index is 1.32. The number of anilines is 1. The summed E-state index contributed by atoms with van der Waals surface area (Å²) in [5.74, 6) is -4.09. The standard InChI is InChI=1S/C37H36N2O8/c1-37-27(34(43)39(36(37)45)22-7-5-4-6-8-22)19-26-24(31(37)21-17-28(46-2)32(41)29(18-21)47-3)13-14-25-30(26)35(44)38(33(25)42)16-15-20-9-11-23(40)12-10-20/h4-13,17-18,25-27,30-31,40-41H,14-16,19H2,1-3H3. The van der Waals surface area contributed by atoms with E-state index in [2.05, 4.69) is 0 Å². The first-order chi connectivity index (χ1) is 22.6. The van der Waals surface area contributed by atoms with Crippen LogP contribution >= 0.6 is 0 Å². The molecule has 2 heterocycles. The first kappa shape index (κ1) is 30.5. The molecule has 47 heavy (non-hydrogen) atoms. The second-order valence-electron chi connectivity index (χ2n) is 13.0. The van der Waals surface area contributed by atoms with Gasteiger partial charge >= 0.3 is 0 Å². The predicted octanol–water partition coefficient (Wildman–Crippen LogP) is 4.59. The minimum absolute atomic E-state index is 0.139. The number of hydrogen-bond acceptors (Lipinski definition) is 8. The molecular weight excluding hydrogens is 600 g/mol. The maximum Gasteiger partial charge on any atom is 0.241 e. The molecule has 242 valence electrons. The van der Waals surface area contributed by atoms with Crippen molar-refractivity contribution >= 4 is 29.3 Å². The van der Waals surface area contributed by atoms with E-state index in [1.54, 1.807) is 60.7 Å². The van der Waals surface area contributed by atoms with Crippen molar-refractivity contribution in [2.24, 2.45) is 29.1 Å². The average molecular weight is 637 g/mol. The summed E-state index contributed by atoms with van der Waals surface area (Å²) in [4.78, 5) is 59.4. The maximum absolute atomic E-state index is 14.6. The summed E-state index contributed by atoms with van der Waals surface area (Å²) in [7, 11) is 2.85. The molecule has 6 unspecified atom stereocenters. The van der Waals surface area contributed by atoms with Crippen LogP contribution in [0, 0.1) is 29.1 Å². The fourth-order valence-electron chi connectivity index (χ4n) is 8.49. The quantitative estimate of drug-likeness (QED) is 0.284. The van der Waals surface area contributed by atoms with Gasteiger partial charge in [-0.05, 0) is 79.6 Å². The van der Waals surface area contributed by atoms with Crippen LogP contribution in [0.25, 0.3) is 0 Å². The number of benzene rings is 3. The number of phenols is 2. The first-order valence-corrected chi connectivity index (χ1v) is 15.8. The fraction of sp³-hybridized carbons (Fsp3) is 0.351. The Morgan fingerprint density at radius 3 is 2.15 bits per heavy atom. The van der Waals surface area contributed by atoms with E-state index in [0.717, 1.165) is 11.1 Å². The molecule has 10 nitrogen and oxygen atoms in total. The molecule has 3 fully saturated rings. The second kappa shape index (κ2) is 11.3. The predicted molar refractivity (Wildman–Crippen MR) is 171 cm³/mol. The van der Waals surface area contributed by atoms with Crippen molar-refractivity contribution in [3.8, 4) is 23.0 Å². The number of carbonyl (C=O) groups excluding carboxylic acids is 4. The van der Waals surface area contributed by atoms with Gasteiger partial charge in [-0.25, -0.2) is 4.90 Å². The molecule has 4 aliphatic rings. The van der Waals surface area contributed by atoms with Crippen LogP contribution in [0.3, 0.4) is 0 Å². The van der Waals surface area contributed by atoms with Gasteiger partial charge < -0.3 is 19.7 Å². The summed E-state index contributed by atoms with van der Waals surface area (Å²) in [6.07, 6.45) is 3.00. The van der Waals surface area contributed by atoms with Gasteiger partial charge in [-0.15, -0.1) is 0 Å². The summed E-state index contributed by atoms with van der Waals surface area (Å²) < 4.78 is 11.0. The molecule has 0 aromatic heterocycles. The lowest BCUT2D eigenvalue weighted by Crippen LogP contribution is -2.48. The molecular formula is C37H36N2O8. The molecule has 3 aromatic rings. The molecule has 6 atom stereocenters. The molecule has 2 N–H and O–H groups in total. The largest absolute Gasteiger partial charge is 0.508 e. The van der Waals surface area contributed by atoms with Gasteiger partial charge in [0.25, 0.3) is 0 Å². The summed E-state index contributed by atoms with van der Waals surface area (Å²) >= 11 is 0. The highest BCUT2D eigenvalue weighted by Gasteiger charge is 2.67. The molecule has 0 radical (unpaired) electrons. The van der Waals surface area contributed by atoms with Crippen LogP contribution in [0.4, 0.5) is 5.69 Å². The van der Waals surface area contributed by atoms with Crippen LogP contribution in [0.2, 0.25) is 0 Å². The monoisotopic (exact) mass is 636 g/mol. The number of imide groups is 2. The molecule has 2 aliphatic carbocycles. The fourth-order valence-corrected chi connectivity index (χ4v) is 8.49. The van der Waals surface area contributed by atoms with E-state index < -0.39 is 35.0 Å². The topological polar surface area (TPSA) is 134 Å². The zero-order valence-corrected chi connectivity index (χ0v) is 26.4. The van der Waals surface area contributed by atoms with Crippen LogP contribution in [0.1, 0.15) is 36.8 Å². The van der Waals surface area contributed by atoms with Gasteiger partial charge in [0.15, 0.2) is 11.5 Å². The van der Waals surface area contributed by atoms with Gasteiger partial charge in [0.05, 0.1) is 43.1 Å². The zero-order valence-electron chi connectivity index (χ0n) is 26.4. The lowest BCUT2D eigenvalue weighted by molar-refractivity contribution is -0.140. The number of nitrogens with zero attached hydrogens (tertiary/aromatic N) is 2. The number of carbonyl (C=O) groups is 4. The molecule has 7 rings (SSSR count). The molecule has 2 saturated heterocycles. The maximum atomic E-state index is 14.6. The van der Waals surface area contributed by atoms with E-state index >= 15 is 0 Å². The van der Waals surface area contributed by atoms with Gasteiger partial charge in [-0.3, -0.25) is 24.1 Å². The van der Waals surface area contributed by atoms with Crippen LogP contribution in [-0.4, -0.2) is 59.5 Å². The first-order valence-electron chi connectivity index (χ1n) is 15.8. The summed E-state index contributed by atoms with van der Waals surface area (Å²) in [6, 6.07) is 18.8. The average Bonchev–Trinajstić information content (AvgIpc) is 3.44. The third-order valence-corrected chi connectivity index (χ3v) is 10.8. The van der Waals surface area contributed by atoms with Gasteiger partial charge in [0.1, 0.15) is 5.75 Å². The van der Waals surface area contributed by atoms with Crippen molar-refractivity contribution in [2.75, 3.05) is 25.7 Å². The number of para-hydroxylation sites is 1. The number of amides is 4. The third-order valence-electron chi connectivity index (χ3n) is 10.8. The molecule has 10 heteroatoms. The lowest BCUT2D eigenvalue weighted by atomic mass is 9.51. The summed E-state index contributed by atoms with van der Waals surface area (Å²) in [5, 5.41) is 20.4. The van der Waals surface area contributed by atoms with Gasteiger partial charge in [0, 0.05) is 12.5 Å². The van der Waals surface area contributed by atoms with Gasteiger partial charge in [-0.1, -0.05) is 42.0 Å². The molecule has 0 spiro atoms. The Morgan fingerprint density at radius 2 is 1.51 bits per heavy atom. The normalized spacial score (nSPS) is 28.1. The Morgan fingerprint density at radius 1 is 0.851 bits per heavy atom. The van der Waals surface area contributed by atoms with Crippen molar-refractivity contribution in [3.63, 3.8) is 0 Å². The van der Waals surface area contributed by atoms with Crippen molar-refractivity contribution in [3.05, 3.63) is 89.5 Å². The number of rotatable bonds is 7. The van der Waals surface area contributed by atoms with Gasteiger partial charge in [-0.2, -0.15) is 0 Å². The van der Waals surface area contributed by atoms with E-state index in [0.29, 0.717) is 24.1 Å². The van der Waals surface area contributed by atoms with Crippen molar-refractivity contribution < 1.29 is 38.9 Å². The Bertz CT molecular complexity index is 1790. The number of phenolic OH excluding ortho intramolecular Hbond substituents is 2. The third kappa shape index (κ3) is 4.52.